The van der Waals surface area contributed by atoms with E-state index in [1.165, 1.54) is 6.92 Å². The second kappa shape index (κ2) is 4.32. The molecule has 3 heteroatoms. The number of carbonyl (C=O) groups excluding carboxylic acids is 1. The topological polar surface area (TPSA) is 52.3 Å². The number of rotatable bonds is 3. The van der Waals surface area contributed by atoms with Gasteiger partial charge in [0, 0.05) is 13.3 Å². The Bertz CT molecular complexity index is 93.1. The zero-order valence-electron chi connectivity index (χ0n) is 5.76. The van der Waals surface area contributed by atoms with E-state index >= 15 is 0 Å². The highest BCUT2D eigenvalue weighted by Gasteiger charge is 2.02. The largest absolute Gasteiger partial charge is 0.447 e. The van der Waals surface area contributed by atoms with Gasteiger partial charge in [0.05, 0.1) is 0 Å². The number of carbonyl (C=O) groups is 1. The predicted molar refractivity (Wildman–Crippen MR) is 34.3 cm³/mol. The van der Waals surface area contributed by atoms with Gasteiger partial charge in [-0.3, -0.25) is 10.5 Å². The van der Waals surface area contributed by atoms with Gasteiger partial charge in [-0.1, -0.05) is 6.92 Å². The zero-order valence-corrected chi connectivity index (χ0v) is 5.76. The Morgan fingerprint density at radius 2 is 2.44 bits per heavy atom. The van der Waals surface area contributed by atoms with Crippen LogP contribution in [-0.4, -0.2) is 12.2 Å². The molecule has 1 atom stereocenters. The molecule has 2 N–H and O–H groups in total. The number of ether oxygens (including phenoxy) is 1. The lowest BCUT2D eigenvalue weighted by Crippen LogP contribution is -2.26. The summed E-state index contributed by atoms with van der Waals surface area (Å²) >= 11 is 0. The van der Waals surface area contributed by atoms with E-state index in [1.807, 2.05) is 6.92 Å². The van der Waals surface area contributed by atoms with Crippen molar-refractivity contribution in [3.8, 4) is 0 Å². The van der Waals surface area contributed by atoms with Crippen molar-refractivity contribution in [3.05, 3.63) is 6.42 Å². The van der Waals surface area contributed by atoms with E-state index in [0.717, 1.165) is 6.42 Å². The first-order valence-corrected chi connectivity index (χ1v) is 2.93. The van der Waals surface area contributed by atoms with Gasteiger partial charge in [0.25, 0.3) is 0 Å². The van der Waals surface area contributed by atoms with Gasteiger partial charge in [-0.05, 0) is 6.42 Å². The van der Waals surface area contributed by atoms with E-state index in [2.05, 4.69) is 4.74 Å². The van der Waals surface area contributed by atoms with Gasteiger partial charge in [-0.15, -0.1) is 0 Å². The van der Waals surface area contributed by atoms with Crippen LogP contribution in [0.2, 0.25) is 0 Å². The van der Waals surface area contributed by atoms with E-state index in [9.17, 15) is 4.79 Å². The highest BCUT2D eigenvalue weighted by atomic mass is 16.5. The Morgan fingerprint density at radius 1 is 1.89 bits per heavy atom. The molecule has 0 heterocycles. The van der Waals surface area contributed by atoms with Crippen LogP contribution >= 0.6 is 0 Å². The van der Waals surface area contributed by atoms with Crippen LogP contribution in [0.5, 0.6) is 0 Å². The summed E-state index contributed by atoms with van der Waals surface area (Å²) in [4.78, 5) is 10.2. The Morgan fingerprint density at radius 3 is 2.78 bits per heavy atom. The number of hydrogen-bond donors (Lipinski definition) is 1. The maximum atomic E-state index is 10.2. The molecule has 1 unspecified atom stereocenters. The van der Waals surface area contributed by atoms with Crippen LogP contribution in [0.25, 0.3) is 0 Å². The van der Waals surface area contributed by atoms with Crippen molar-refractivity contribution < 1.29 is 9.53 Å². The van der Waals surface area contributed by atoms with Crippen LogP contribution in [0.3, 0.4) is 0 Å². The average molecular weight is 130 g/mol. The van der Waals surface area contributed by atoms with E-state index in [-0.39, 0.29) is 5.97 Å². The molecule has 0 spiro atoms. The summed E-state index contributed by atoms with van der Waals surface area (Å²) < 4.78 is 4.57. The molecule has 0 aliphatic rings. The molecule has 0 rings (SSSR count). The SMILES string of the molecule is CC[CH]C(N)OC(C)=O. The molecule has 0 fully saturated rings. The molecule has 0 saturated heterocycles. The molecule has 0 aromatic rings. The molecule has 3 nitrogen and oxygen atoms in total. The molecule has 0 saturated carbocycles. The standard InChI is InChI=1S/C6H12NO2/c1-3-4-6(7)9-5(2)8/h4,6H,3,7H2,1-2H3. The Hall–Kier alpha value is -0.570. The molecule has 0 aromatic carbocycles. The lowest BCUT2D eigenvalue weighted by molar-refractivity contribution is -0.144. The summed E-state index contributed by atoms with van der Waals surface area (Å²) in [7, 11) is 0. The maximum Gasteiger partial charge on any atom is 0.304 e. The van der Waals surface area contributed by atoms with Crippen molar-refractivity contribution in [1.82, 2.24) is 0 Å². The Labute approximate surface area is 55.2 Å². The molecular formula is C6H12NO2. The van der Waals surface area contributed by atoms with Gasteiger partial charge in [0.2, 0.25) is 0 Å². The number of nitrogens with two attached hydrogens (primary N) is 1. The van der Waals surface area contributed by atoms with Crippen molar-refractivity contribution in [2.45, 2.75) is 26.5 Å². The molecule has 1 radical (unpaired) electrons. The third-order valence-electron chi connectivity index (χ3n) is 0.770. The second-order valence-corrected chi connectivity index (χ2v) is 1.72. The fourth-order valence-corrected chi connectivity index (χ4v) is 0.472. The fraction of sp³-hybridized carbons (Fsp3) is 0.667. The quantitative estimate of drug-likeness (QED) is 0.445. The normalized spacial score (nSPS) is 12.8. The van der Waals surface area contributed by atoms with Crippen LogP contribution in [-0.2, 0) is 9.53 Å². The van der Waals surface area contributed by atoms with Crippen LogP contribution < -0.4 is 5.73 Å². The van der Waals surface area contributed by atoms with E-state index in [4.69, 9.17) is 5.73 Å². The Balaban J connectivity index is 3.26. The first-order chi connectivity index (χ1) is 4.16. The summed E-state index contributed by atoms with van der Waals surface area (Å²) in [6.45, 7) is 3.27. The molecule has 0 aromatic heterocycles. The van der Waals surface area contributed by atoms with Gasteiger partial charge < -0.3 is 4.74 Å². The summed E-state index contributed by atoms with van der Waals surface area (Å²) in [5.74, 6) is -0.341. The summed E-state index contributed by atoms with van der Waals surface area (Å²) in [6.07, 6.45) is 2.00. The van der Waals surface area contributed by atoms with Crippen molar-refractivity contribution in [1.29, 1.82) is 0 Å². The number of hydrogen-bond acceptors (Lipinski definition) is 3. The minimum atomic E-state index is -0.535. The Kier molecular flexibility index (Phi) is 4.05. The number of esters is 1. The smallest absolute Gasteiger partial charge is 0.304 e. The predicted octanol–water partition coefficient (Wildman–Crippen LogP) is 0.449. The van der Waals surface area contributed by atoms with Gasteiger partial charge in [-0.2, -0.15) is 0 Å². The first kappa shape index (κ1) is 8.43. The van der Waals surface area contributed by atoms with Crippen molar-refractivity contribution in [2.24, 2.45) is 5.73 Å². The second-order valence-electron chi connectivity index (χ2n) is 1.72. The molecular weight excluding hydrogens is 118 g/mol. The van der Waals surface area contributed by atoms with Crippen LogP contribution in [0.1, 0.15) is 20.3 Å². The van der Waals surface area contributed by atoms with Gasteiger partial charge in [-0.25, -0.2) is 0 Å². The molecule has 9 heavy (non-hydrogen) atoms. The van der Waals surface area contributed by atoms with Crippen molar-refractivity contribution in [3.63, 3.8) is 0 Å². The van der Waals surface area contributed by atoms with Gasteiger partial charge >= 0.3 is 5.97 Å². The lowest BCUT2D eigenvalue weighted by Gasteiger charge is -2.08. The van der Waals surface area contributed by atoms with E-state index < -0.39 is 6.23 Å². The van der Waals surface area contributed by atoms with Crippen LogP contribution in [0.4, 0.5) is 0 Å². The van der Waals surface area contributed by atoms with Crippen LogP contribution in [0, 0.1) is 6.42 Å². The zero-order chi connectivity index (χ0) is 7.28. The highest BCUT2D eigenvalue weighted by molar-refractivity contribution is 5.66. The van der Waals surface area contributed by atoms with Crippen molar-refractivity contribution >= 4 is 5.97 Å². The van der Waals surface area contributed by atoms with E-state index in [1.54, 1.807) is 6.42 Å². The van der Waals surface area contributed by atoms with Gasteiger partial charge in [0.15, 0.2) is 6.23 Å². The summed E-state index contributed by atoms with van der Waals surface area (Å²) in [5, 5.41) is 0. The van der Waals surface area contributed by atoms with Crippen LogP contribution in [0.15, 0.2) is 0 Å². The van der Waals surface area contributed by atoms with Crippen molar-refractivity contribution in [2.75, 3.05) is 0 Å². The third kappa shape index (κ3) is 5.30. The average Bonchev–Trinajstić information content (AvgIpc) is 1.63. The molecule has 0 amide bonds. The first-order valence-electron chi connectivity index (χ1n) is 2.93. The fourth-order valence-electron chi connectivity index (χ4n) is 0.472. The minimum Gasteiger partial charge on any atom is -0.447 e. The van der Waals surface area contributed by atoms with Gasteiger partial charge in [0.1, 0.15) is 0 Å². The summed E-state index contributed by atoms with van der Waals surface area (Å²) in [6, 6.07) is 0. The molecule has 0 bridgehead atoms. The summed E-state index contributed by atoms with van der Waals surface area (Å²) in [5.41, 5.74) is 5.29. The minimum absolute atomic E-state index is 0.341. The third-order valence-corrected chi connectivity index (χ3v) is 0.770. The van der Waals surface area contributed by atoms with E-state index in [0.29, 0.717) is 0 Å². The molecule has 0 aliphatic heterocycles. The highest BCUT2D eigenvalue weighted by Crippen LogP contribution is 1.92. The lowest BCUT2D eigenvalue weighted by atomic mass is 10.3. The molecule has 0 aliphatic carbocycles. The molecule has 53 valence electrons. The monoisotopic (exact) mass is 130 g/mol. The maximum absolute atomic E-state index is 10.2.